The summed E-state index contributed by atoms with van der Waals surface area (Å²) in [5.74, 6) is 0.197. The first-order valence-electron chi connectivity index (χ1n) is 12.5. The molecule has 1 saturated heterocycles. The van der Waals surface area contributed by atoms with Crippen molar-refractivity contribution in [3.05, 3.63) is 65.5 Å². The minimum atomic E-state index is -0.356. The first kappa shape index (κ1) is 24.5. The highest BCUT2D eigenvalue weighted by Crippen LogP contribution is 2.31. The highest BCUT2D eigenvalue weighted by atomic mass is 16.5. The van der Waals surface area contributed by atoms with Gasteiger partial charge in [0.25, 0.3) is 11.8 Å². The molecule has 0 spiro atoms. The molecule has 2 aliphatic heterocycles. The minimum Gasteiger partial charge on any atom is -0.497 e. The van der Waals surface area contributed by atoms with Crippen LogP contribution < -0.4 is 25.6 Å². The van der Waals surface area contributed by atoms with Crippen LogP contribution in [0.15, 0.2) is 48.5 Å². The van der Waals surface area contributed by atoms with E-state index in [4.69, 9.17) is 10.5 Å². The van der Waals surface area contributed by atoms with E-state index in [2.05, 4.69) is 10.4 Å². The number of rotatable bonds is 7. The number of nitrogens with two attached hydrogens (primary N) is 1. The number of piperidine rings is 1. The molecule has 2 aromatic carbocycles. The zero-order chi connectivity index (χ0) is 25.9. The summed E-state index contributed by atoms with van der Waals surface area (Å²) < 4.78 is 6.79. The monoisotopic (exact) mass is 502 g/mol. The van der Waals surface area contributed by atoms with Crippen LogP contribution in [0.2, 0.25) is 0 Å². The van der Waals surface area contributed by atoms with Crippen molar-refractivity contribution in [1.29, 1.82) is 0 Å². The molecule has 2 aliphatic rings. The number of hydrogen-bond acceptors (Lipinski definition) is 6. The van der Waals surface area contributed by atoms with Gasteiger partial charge in [-0.1, -0.05) is 0 Å². The Kier molecular flexibility index (Phi) is 6.91. The summed E-state index contributed by atoms with van der Waals surface area (Å²) in [5, 5.41) is 7.33. The van der Waals surface area contributed by atoms with Gasteiger partial charge in [0.15, 0.2) is 5.69 Å². The van der Waals surface area contributed by atoms with E-state index < -0.39 is 0 Å². The van der Waals surface area contributed by atoms with E-state index in [0.717, 1.165) is 24.2 Å². The van der Waals surface area contributed by atoms with Gasteiger partial charge in [-0.25, -0.2) is 4.68 Å². The van der Waals surface area contributed by atoms with E-state index in [1.165, 1.54) is 4.68 Å². The van der Waals surface area contributed by atoms with Crippen molar-refractivity contribution in [2.45, 2.75) is 25.7 Å². The van der Waals surface area contributed by atoms with Crippen LogP contribution in [0.3, 0.4) is 0 Å². The van der Waals surface area contributed by atoms with Crippen LogP contribution >= 0.6 is 0 Å². The Morgan fingerprint density at radius 2 is 1.62 bits per heavy atom. The van der Waals surface area contributed by atoms with Crippen LogP contribution in [0.5, 0.6) is 5.75 Å². The van der Waals surface area contributed by atoms with E-state index in [-0.39, 0.29) is 23.4 Å². The second-order valence-electron chi connectivity index (χ2n) is 9.06. The molecule has 3 heterocycles. The molecule has 0 aliphatic carbocycles. The van der Waals surface area contributed by atoms with Gasteiger partial charge in [-0.2, -0.15) is 5.10 Å². The molecule has 0 unspecified atom stereocenters. The molecule has 3 amide bonds. The van der Waals surface area contributed by atoms with Gasteiger partial charge in [0, 0.05) is 49.5 Å². The average molecular weight is 503 g/mol. The summed E-state index contributed by atoms with van der Waals surface area (Å²) in [5.41, 5.74) is 8.94. The normalized spacial score (nSPS) is 15.5. The standard InChI is InChI=1S/C27H30N6O4/c1-37-21-11-9-20(10-12-21)33-25-22(24(30-33)26(35)29-15-14-28)13-17-32(27(25)36)19-7-5-18(6-8-19)31-16-3-2-4-23(31)34/h5-12H,2-4,13-17,28H2,1H3,(H,29,35). The molecule has 1 fully saturated rings. The molecule has 10 nitrogen and oxygen atoms in total. The smallest absolute Gasteiger partial charge is 0.277 e. The lowest BCUT2D eigenvalue weighted by Gasteiger charge is -2.29. The van der Waals surface area contributed by atoms with Crippen LogP contribution in [0.4, 0.5) is 11.4 Å². The minimum absolute atomic E-state index is 0.126. The second-order valence-corrected chi connectivity index (χ2v) is 9.06. The SMILES string of the molecule is COc1ccc(-n2nc(C(=O)NCCN)c3c2C(=O)N(c2ccc(N4CCCCC4=O)cc2)CC3)cc1. The molecule has 1 aromatic heterocycles. The molecule has 37 heavy (non-hydrogen) atoms. The van der Waals surface area contributed by atoms with Crippen LogP contribution in [0, 0.1) is 0 Å². The van der Waals surface area contributed by atoms with Crippen LogP contribution in [-0.4, -0.2) is 60.8 Å². The number of methoxy groups -OCH3 is 1. The van der Waals surface area contributed by atoms with Crippen molar-refractivity contribution in [3.63, 3.8) is 0 Å². The Balaban J connectivity index is 1.49. The quantitative estimate of drug-likeness (QED) is 0.511. The number of aromatic nitrogens is 2. The van der Waals surface area contributed by atoms with Crippen molar-refractivity contribution in [1.82, 2.24) is 15.1 Å². The van der Waals surface area contributed by atoms with Crippen LogP contribution in [0.1, 0.15) is 45.8 Å². The maximum Gasteiger partial charge on any atom is 0.277 e. The topological polar surface area (TPSA) is 123 Å². The van der Waals surface area contributed by atoms with Gasteiger partial charge < -0.3 is 25.6 Å². The largest absolute Gasteiger partial charge is 0.497 e. The highest BCUT2D eigenvalue weighted by Gasteiger charge is 2.35. The van der Waals surface area contributed by atoms with E-state index >= 15 is 0 Å². The number of hydrogen-bond donors (Lipinski definition) is 2. The molecule has 3 N–H and O–H groups in total. The summed E-state index contributed by atoms with van der Waals surface area (Å²) in [7, 11) is 1.58. The Bertz CT molecular complexity index is 1320. The number of nitrogens with zero attached hydrogens (tertiary/aromatic N) is 4. The fourth-order valence-electron chi connectivity index (χ4n) is 4.86. The van der Waals surface area contributed by atoms with Crippen molar-refractivity contribution in [2.75, 3.05) is 43.1 Å². The number of fused-ring (bicyclic) bond motifs is 1. The predicted molar refractivity (Wildman–Crippen MR) is 140 cm³/mol. The lowest BCUT2D eigenvalue weighted by Crippen LogP contribution is -2.39. The zero-order valence-corrected chi connectivity index (χ0v) is 20.8. The second kappa shape index (κ2) is 10.4. The van der Waals surface area contributed by atoms with Gasteiger partial charge >= 0.3 is 0 Å². The summed E-state index contributed by atoms with van der Waals surface area (Å²) in [6.07, 6.45) is 2.93. The lowest BCUT2D eigenvalue weighted by atomic mass is 10.0. The van der Waals surface area contributed by atoms with Gasteiger partial charge in [0.1, 0.15) is 11.4 Å². The predicted octanol–water partition coefficient (Wildman–Crippen LogP) is 2.29. The number of benzene rings is 2. The van der Waals surface area contributed by atoms with Crippen molar-refractivity contribution in [2.24, 2.45) is 5.73 Å². The van der Waals surface area contributed by atoms with Crippen LogP contribution in [0.25, 0.3) is 5.69 Å². The molecule has 0 radical (unpaired) electrons. The Hall–Kier alpha value is -4.18. The Labute approximate surface area is 215 Å². The van der Waals surface area contributed by atoms with Gasteiger partial charge in [-0.15, -0.1) is 0 Å². The fourth-order valence-corrected chi connectivity index (χ4v) is 4.86. The van der Waals surface area contributed by atoms with Gasteiger partial charge in [-0.05, 0) is 67.8 Å². The molecule has 0 atom stereocenters. The molecule has 0 bridgehead atoms. The van der Waals surface area contributed by atoms with E-state index in [1.54, 1.807) is 41.2 Å². The first-order valence-corrected chi connectivity index (χ1v) is 12.5. The first-order chi connectivity index (χ1) is 18.0. The Morgan fingerprint density at radius 1 is 0.946 bits per heavy atom. The number of carbonyl (C=O) groups is 3. The number of nitrogens with one attached hydrogen (secondary N) is 1. The third-order valence-electron chi connectivity index (χ3n) is 6.78. The fraction of sp³-hybridized carbons (Fsp3) is 0.333. The summed E-state index contributed by atoms with van der Waals surface area (Å²) in [6.45, 7) is 1.73. The average Bonchev–Trinajstić information content (AvgIpc) is 3.33. The van der Waals surface area contributed by atoms with Crippen molar-refractivity contribution in [3.8, 4) is 11.4 Å². The summed E-state index contributed by atoms with van der Waals surface area (Å²) in [4.78, 5) is 42.5. The number of carbonyl (C=O) groups excluding carboxylic acids is 3. The number of amides is 3. The number of ether oxygens (including phenoxy) is 1. The molecular weight excluding hydrogens is 472 g/mol. The van der Waals surface area contributed by atoms with Crippen molar-refractivity contribution < 1.29 is 19.1 Å². The molecule has 5 rings (SSSR count). The van der Waals surface area contributed by atoms with E-state index in [9.17, 15) is 14.4 Å². The zero-order valence-electron chi connectivity index (χ0n) is 20.8. The van der Waals surface area contributed by atoms with Crippen molar-refractivity contribution >= 4 is 29.1 Å². The number of anilines is 2. The van der Waals surface area contributed by atoms with Crippen LogP contribution in [-0.2, 0) is 11.2 Å². The summed E-state index contributed by atoms with van der Waals surface area (Å²) in [6, 6.07) is 14.6. The lowest BCUT2D eigenvalue weighted by molar-refractivity contribution is -0.119. The summed E-state index contributed by atoms with van der Waals surface area (Å²) >= 11 is 0. The maximum absolute atomic E-state index is 13.8. The molecule has 3 aromatic rings. The molecular formula is C27H30N6O4. The molecule has 0 saturated carbocycles. The van der Waals surface area contributed by atoms with Gasteiger partial charge in [0.05, 0.1) is 12.8 Å². The van der Waals surface area contributed by atoms with Gasteiger partial charge in [-0.3, -0.25) is 14.4 Å². The van der Waals surface area contributed by atoms with E-state index in [1.807, 2.05) is 24.3 Å². The van der Waals surface area contributed by atoms with Gasteiger partial charge in [0.2, 0.25) is 5.91 Å². The molecule has 10 heteroatoms. The third kappa shape index (κ3) is 4.67. The Morgan fingerprint density at radius 3 is 2.27 bits per heavy atom. The third-order valence-corrected chi connectivity index (χ3v) is 6.78. The molecule has 192 valence electrons. The highest BCUT2D eigenvalue weighted by molar-refractivity contribution is 6.09. The van der Waals surface area contributed by atoms with E-state index in [0.29, 0.717) is 61.7 Å². The maximum atomic E-state index is 13.8.